The first-order valence-corrected chi connectivity index (χ1v) is 10.6. The largest absolute Gasteiger partial charge is 0.390 e. The maximum atomic E-state index is 10.5. The van der Waals surface area contributed by atoms with Gasteiger partial charge in [-0.2, -0.15) is 0 Å². The molecule has 0 bridgehead atoms. The van der Waals surface area contributed by atoms with E-state index < -0.39 is 13.7 Å². The van der Waals surface area contributed by atoms with Gasteiger partial charge in [0.2, 0.25) is 0 Å². The van der Waals surface area contributed by atoms with Crippen molar-refractivity contribution >= 4 is 13.3 Å². The van der Waals surface area contributed by atoms with Crippen LogP contribution in [0.2, 0.25) is 19.1 Å². The zero-order valence-corrected chi connectivity index (χ0v) is 13.3. The number of rotatable bonds is 5. The van der Waals surface area contributed by atoms with Crippen LogP contribution in [0.25, 0.3) is 0 Å². The maximum Gasteiger partial charge on any atom is 0.0845 e. The van der Waals surface area contributed by atoms with Gasteiger partial charge in [-0.25, -0.2) is 0 Å². The van der Waals surface area contributed by atoms with Gasteiger partial charge in [0.15, 0.2) is 0 Å². The topological polar surface area (TPSA) is 20.2 Å². The fourth-order valence-electron chi connectivity index (χ4n) is 3.35. The minimum Gasteiger partial charge on any atom is -0.390 e. The standard InChI is InChI=1S/C17H26OSi/c1-15(13-17(18)11-7-8-12-17)14-19(2,3)16-9-5-4-6-10-16/h4-6,9-10,18H,1,7-8,11-14H2,2-3H3. The minimum absolute atomic E-state index is 0.446. The summed E-state index contributed by atoms with van der Waals surface area (Å²) in [5, 5.41) is 12.0. The number of benzene rings is 1. The Kier molecular flexibility index (Phi) is 4.31. The zero-order chi connectivity index (χ0) is 13.9. The van der Waals surface area contributed by atoms with Gasteiger partial charge >= 0.3 is 0 Å². The summed E-state index contributed by atoms with van der Waals surface area (Å²) >= 11 is 0. The van der Waals surface area contributed by atoms with E-state index in [2.05, 4.69) is 50.0 Å². The highest BCUT2D eigenvalue weighted by Gasteiger charge is 2.33. The third kappa shape index (κ3) is 3.80. The Labute approximate surface area is 118 Å². The number of hydrogen-bond acceptors (Lipinski definition) is 1. The molecule has 0 saturated heterocycles. The van der Waals surface area contributed by atoms with E-state index in [0.717, 1.165) is 25.3 Å². The normalized spacial score (nSPS) is 18.5. The van der Waals surface area contributed by atoms with E-state index in [4.69, 9.17) is 0 Å². The van der Waals surface area contributed by atoms with E-state index in [1.807, 2.05) is 0 Å². The Balaban J connectivity index is 1.98. The van der Waals surface area contributed by atoms with E-state index in [1.54, 1.807) is 0 Å². The van der Waals surface area contributed by atoms with Crippen LogP contribution in [0.5, 0.6) is 0 Å². The molecule has 0 spiro atoms. The van der Waals surface area contributed by atoms with Crippen molar-refractivity contribution < 1.29 is 5.11 Å². The Morgan fingerprint density at radius 3 is 2.37 bits per heavy atom. The molecule has 1 N–H and O–H groups in total. The molecule has 2 rings (SSSR count). The van der Waals surface area contributed by atoms with Gasteiger partial charge in [0, 0.05) is 0 Å². The van der Waals surface area contributed by atoms with Crippen LogP contribution in [0.15, 0.2) is 42.5 Å². The Bertz CT molecular complexity index is 430. The van der Waals surface area contributed by atoms with Crippen molar-refractivity contribution in [3.05, 3.63) is 42.5 Å². The second-order valence-corrected chi connectivity index (χ2v) is 11.5. The molecule has 1 aliphatic carbocycles. The monoisotopic (exact) mass is 274 g/mol. The first-order chi connectivity index (χ1) is 8.91. The van der Waals surface area contributed by atoms with Crippen molar-refractivity contribution in [1.82, 2.24) is 0 Å². The van der Waals surface area contributed by atoms with Crippen LogP contribution in [0.4, 0.5) is 0 Å². The molecule has 1 fully saturated rings. The van der Waals surface area contributed by atoms with Gasteiger partial charge in [0.1, 0.15) is 0 Å². The van der Waals surface area contributed by atoms with Crippen LogP contribution in [0.3, 0.4) is 0 Å². The van der Waals surface area contributed by atoms with E-state index in [0.29, 0.717) is 0 Å². The maximum absolute atomic E-state index is 10.5. The molecule has 0 aromatic heterocycles. The van der Waals surface area contributed by atoms with Crippen LogP contribution in [0.1, 0.15) is 32.1 Å². The van der Waals surface area contributed by atoms with Crippen molar-refractivity contribution in [2.75, 3.05) is 0 Å². The van der Waals surface area contributed by atoms with Crippen molar-refractivity contribution in [1.29, 1.82) is 0 Å². The first kappa shape index (κ1) is 14.5. The summed E-state index contributed by atoms with van der Waals surface area (Å²) in [7, 11) is -1.46. The molecule has 104 valence electrons. The lowest BCUT2D eigenvalue weighted by Crippen LogP contribution is -2.41. The molecule has 2 heteroatoms. The van der Waals surface area contributed by atoms with Gasteiger partial charge in [0.05, 0.1) is 13.7 Å². The summed E-state index contributed by atoms with van der Waals surface area (Å²) in [5.74, 6) is 0. The van der Waals surface area contributed by atoms with Crippen LogP contribution in [-0.4, -0.2) is 18.8 Å². The molecule has 1 aromatic carbocycles. The fraction of sp³-hybridized carbons (Fsp3) is 0.529. The molecule has 1 aliphatic rings. The lowest BCUT2D eigenvalue weighted by molar-refractivity contribution is 0.0483. The molecule has 1 aromatic rings. The van der Waals surface area contributed by atoms with Crippen molar-refractivity contribution in [2.45, 2.75) is 56.8 Å². The summed E-state index contributed by atoms with van der Waals surface area (Å²) in [6, 6.07) is 11.9. The smallest absolute Gasteiger partial charge is 0.0845 e. The third-order valence-electron chi connectivity index (χ3n) is 4.36. The quantitative estimate of drug-likeness (QED) is 0.638. The molecule has 0 heterocycles. The molecule has 1 nitrogen and oxygen atoms in total. The predicted molar refractivity (Wildman–Crippen MR) is 85.5 cm³/mol. The second kappa shape index (κ2) is 5.64. The lowest BCUT2D eigenvalue weighted by atomic mass is 9.94. The second-order valence-electron chi connectivity index (χ2n) is 6.78. The van der Waals surface area contributed by atoms with Gasteiger partial charge < -0.3 is 5.11 Å². The molecular formula is C17H26OSi. The summed E-state index contributed by atoms with van der Waals surface area (Å²) in [5.41, 5.74) is 0.794. The summed E-state index contributed by atoms with van der Waals surface area (Å²) < 4.78 is 0. The Morgan fingerprint density at radius 1 is 1.21 bits per heavy atom. The van der Waals surface area contributed by atoms with Crippen LogP contribution in [-0.2, 0) is 0 Å². The van der Waals surface area contributed by atoms with Crippen molar-refractivity contribution in [2.24, 2.45) is 0 Å². The minimum atomic E-state index is -1.46. The molecule has 1 saturated carbocycles. The summed E-state index contributed by atoms with van der Waals surface area (Å²) in [4.78, 5) is 0. The number of hydrogen-bond donors (Lipinski definition) is 1. The molecular weight excluding hydrogens is 248 g/mol. The van der Waals surface area contributed by atoms with Gasteiger partial charge in [-0.05, 0) is 25.3 Å². The zero-order valence-electron chi connectivity index (χ0n) is 12.3. The molecule has 0 unspecified atom stereocenters. The average Bonchev–Trinajstić information content (AvgIpc) is 2.76. The van der Waals surface area contributed by atoms with Crippen LogP contribution < -0.4 is 5.19 Å². The van der Waals surface area contributed by atoms with Crippen LogP contribution >= 0.6 is 0 Å². The third-order valence-corrected chi connectivity index (χ3v) is 7.64. The van der Waals surface area contributed by atoms with Gasteiger partial charge in [0.25, 0.3) is 0 Å². The van der Waals surface area contributed by atoms with Crippen molar-refractivity contribution in [3.8, 4) is 0 Å². The summed E-state index contributed by atoms with van der Waals surface area (Å²) in [6.07, 6.45) is 5.06. The van der Waals surface area contributed by atoms with Crippen molar-refractivity contribution in [3.63, 3.8) is 0 Å². The van der Waals surface area contributed by atoms with E-state index in [-0.39, 0.29) is 0 Å². The van der Waals surface area contributed by atoms with E-state index in [9.17, 15) is 5.11 Å². The predicted octanol–water partition coefficient (Wildman–Crippen LogP) is 3.85. The van der Waals surface area contributed by atoms with E-state index >= 15 is 0 Å². The molecule has 19 heavy (non-hydrogen) atoms. The SMILES string of the molecule is C=C(CC1(O)CCCC1)C[Si](C)(C)c1ccccc1. The Hall–Kier alpha value is -0.863. The Morgan fingerprint density at radius 2 is 1.79 bits per heavy atom. The highest BCUT2D eigenvalue weighted by molar-refractivity contribution is 6.90. The van der Waals surface area contributed by atoms with Gasteiger partial charge in [-0.15, -0.1) is 6.58 Å². The highest BCUT2D eigenvalue weighted by atomic mass is 28.3. The fourth-order valence-corrected chi connectivity index (χ4v) is 6.03. The molecule has 0 atom stereocenters. The van der Waals surface area contributed by atoms with Crippen LogP contribution in [0, 0.1) is 0 Å². The highest BCUT2D eigenvalue weighted by Crippen LogP contribution is 2.36. The van der Waals surface area contributed by atoms with Gasteiger partial charge in [-0.3, -0.25) is 0 Å². The molecule has 0 aliphatic heterocycles. The molecule has 0 amide bonds. The average molecular weight is 274 g/mol. The number of aliphatic hydroxyl groups is 1. The first-order valence-electron chi connectivity index (χ1n) is 7.36. The van der Waals surface area contributed by atoms with E-state index in [1.165, 1.54) is 23.6 Å². The lowest BCUT2D eigenvalue weighted by Gasteiger charge is -2.28. The summed E-state index contributed by atoms with van der Waals surface area (Å²) in [6.45, 7) is 9.04. The molecule has 0 radical (unpaired) electrons. The van der Waals surface area contributed by atoms with Gasteiger partial charge in [-0.1, -0.05) is 67.0 Å².